The van der Waals surface area contributed by atoms with Gasteiger partial charge in [0.05, 0.1) is 32.7 Å². The van der Waals surface area contributed by atoms with Crippen molar-refractivity contribution in [3.05, 3.63) is 30.1 Å². The van der Waals surface area contributed by atoms with Crippen LogP contribution >= 0.6 is 12.2 Å². The number of rotatable bonds is 11. The maximum Gasteiger partial charge on any atom is 0.336 e. The third-order valence-electron chi connectivity index (χ3n) is 5.06. The Morgan fingerprint density at radius 2 is 1.91 bits per heavy atom. The summed E-state index contributed by atoms with van der Waals surface area (Å²) in [6.07, 6.45) is -0.817. The fourth-order valence-electron chi connectivity index (χ4n) is 3.27. The number of hydrogen-bond acceptors (Lipinski definition) is 10. The Kier molecular flexibility index (Phi) is 9.19. The van der Waals surface area contributed by atoms with Gasteiger partial charge in [0.1, 0.15) is 10.7 Å². The summed E-state index contributed by atoms with van der Waals surface area (Å²) in [7, 11) is 3.18. The largest absolute Gasteiger partial charge is 0.481 e. The number of carbonyl (C=O) groups excluding carboxylic acids is 1. The quantitative estimate of drug-likeness (QED) is 0.176. The normalized spacial score (nSPS) is 18.1. The second kappa shape index (κ2) is 11.4. The topological polar surface area (TPSA) is 162 Å². The molecule has 2 rings (SSSR count). The van der Waals surface area contributed by atoms with Crippen LogP contribution in [0.1, 0.15) is 18.5 Å². The van der Waals surface area contributed by atoms with Crippen LogP contribution in [0.2, 0.25) is 0 Å². The minimum atomic E-state index is -2.85. The maximum atomic E-state index is 12.8. The van der Waals surface area contributed by atoms with Crippen molar-refractivity contribution < 1.29 is 39.2 Å². The predicted octanol–water partition coefficient (Wildman–Crippen LogP) is -0.774. The number of likely N-dealkylation sites (N-methyl/N-ethyl adjacent to an activating group) is 1. The molecule has 2 atom stereocenters. The van der Waals surface area contributed by atoms with E-state index in [2.05, 4.69) is 10.3 Å². The molecule has 0 aromatic carbocycles. The Bertz CT molecular complexity index is 865. The molecule has 0 saturated carbocycles. The summed E-state index contributed by atoms with van der Waals surface area (Å²) in [5.41, 5.74) is -4.36. The second-order valence-corrected chi connectivity index (χ2v) is 8.11. The van der Waals surface area contributed by atoms with Crippen molar-refractivity contribution in [1.29, 1.82) is 0 Å². The molecule has 0 spiro atoms. The number of ether oxygens (including phenoxy) is 2. The van der Waals surface area contributed by atoms with Crippen molar-refractivity contribution in [2.75, 3.05) is 47.1 Å². The SMILES string of the molecule is CN(C)C(OC(=O)CC(O)(CC(=O)O)C(=O)O)(C(=S)NCN1CCOCC1)c1ccccn1. The van der Waals surface area contributed by atoms with Crippen molar-refractivity contribution in [1.82, 2.24) is 20.1 Å². The summed E-state index contributed by atoms with van der Waals surface area (Å²) >= 11 is 5.59. The Hall–Kier alpha value is -2.71. The van der Waals surface area contributed by atoms with Crippen LogP contribution in [0, 0.1) is 0 Å². The van der Waals surface area contributed by atoms with Crippen LogP contribution < -0.4 is 5.32 Å². The number of thiocarbonyl (C=S) groups is 1. The molecule has 1 fully saturated rings. The number of carbonyl (C=O) groups is 3. The van der Waals surface area contributed by atoms with Crippen molar-refractivity contribution in [2.24, 2.45) is 0 Å². The van der Waals surface area contributed by atoms with Crippen LogP contribution in [0.5, 0.6) is 0 Å². The van der Waals surface area contributed by atoms with E-state index in [9.17, 15) is 24.6 Å². The number of morpholine rings is 1. The Morgan fingerprint density at radius 1 is 1.24 bits per heavy atom. The van der Waals surface area contributed by atoms with Gasteiger partial charge in [-0.15, -0.1) is 0 Å². The Balaban J connectivity index is 2.33. The Morgan fingerprint density at radius 3 is 2.42 bits per heavy atom. The van der Waals surface area contributed by atoms with Gasteiger partial charge in [-0.1, -0.05) is 18.3 Å². The highest BCUT2D eigenvalue weighted by atomic mass is 32.1. The molecule has 1 saturated heterocycles. The van der Waals surface area contributed by atoms with Gasteiger partial charge in [-0.05, 0) is 26.2 Å². The van der Waals surface area contributed by atoms with E-state index in [0.29, 0.717) is 33.0 Å². The van der Waals surface area contributed by atoms with E-state index in [1.165, 1.54) is 11.1 Å². The molecule has 182 valence electrons. The molecule has 4 N–H and O–H groups in total. The first-order valence-corrected chi connectivity index (χ1v) is 10.5. The summed E-state index contributed by atoms with van der Waals surface area (Å²) in [4.78, 5) is 43.2. The third kappa shape index (κ3) is 6.65. The number of aliphatic hydroxyl groups is 1. The number of aromatic nitrogens is 1. The van der Waals surface area contributed by atoms with E-state index in [1.54, 1.807) is 32.3 Å². The van der Waals surface area contributed by atoms with Gasteiger partial charge in [0.15, 0.2) is 5.60 Å². The average Bonchev–Trinajstić information content (AvgIpc) is 2.76. The first kappa shape index (κ1) is 26.5. The molecule has 0 bridgehead atoms. The van der Waals surface area contributed by atoms with E-state index in [1.807, 2.05) is 4.90 Å². The second-order valence-electron chi connectivity index (χ2n) is 7.71. The van der Waals surface area contributed by atoms with Crippen LogP contribution in [0.15, 0.2) is 24.4 Å². The van der Waals surface area contributed by atoms with Gasteiger partial charge in [0.25, 0.3) is 5.72 Å². The van der Waals surface area contributed by atoms with E-state index in [4.69, 9.17) is 26.8 Å². The Labute approximate surface area is 196 Å². The lowest BCUT2D eigenvalue weighted by molar-refractivity contribution is -0.182. The molecule has 12 nitrogen and oxygen atoms in total. The van der Waals surface area contributed by atoms with Gasteiger partial charge in [-0.2, -0.15) is 0 Å². The molecule has 0 amide bonds. The van der Waals surface area contributed by atoms with Crippen LogP contribution in [0.25, 0.3) is 0 Å². The summed E-state index contributed by atoms with van der Waals surface area (Å²) in [6, 6.07) is 4.90. The van der Waals surface area contributed by atoms with E-state index in [-0.39, 0.29) is 10.7 Å². The van der Waals surface area contributed by atoms with Crippen molar-refractivity contribution >= 4 is 35.1 Å². The summed E-state index contributed by atoms with van der Waals surface area (Å²) in [5, 5.41) is 31.6. The average molecular weight is 485 g/mol. The van der Waals surface area contributed by atoms with Crippen molar-refractivity contribution in [3.63, 3.8) is 0 Å². The van der Waals surface area contributed by atoms with Crippen molar-refractivity contribution in [3.8, 4) is 0 Å². The number of carboxylic acids is 2. The molecule has 0 radical (unpaired) electrons. The van der Waals surface area contributed by atoms with Gasteiger partial charge < -0.3 is 30.1 Å². The fourth-order valence-corrected chi connectivity index (χ4v) is 3.66. The van der Waals surface area contributed by atoms with Gasteiger partial charge in [-0.25, -0.2) is 4.79 Å². The first-order valence-electron chi connectivity index (χ1n) is 10.1. The smallest absolute Gasteiger partial charge is 0.336 e. The summed E-state index contributed by atoms with van der Waals surface area (Å²) < 4.78 is 11.0. The third-order valence-corrected chi connectivity index (χ3v) is 5.48. The molecule has 2 heterocycles. The summed E-state index contributed by atoms with van der Waals surface area (Å²) in [6.45, 7) is 2.82. The van der Waals surface area contributed by atoms with E-state index < -0.39 is 42.1 Å². The highest BCUT2D eigenvalue weighted by Crippen LogP contribution is 2.30. The monoisotopic (exact) mass is 484 g/mol. The number of esters is 1. The van der Waals surface area contributed by atoms with Crippen LogP contribution in [0.4, 0.5) is 0 Å². The van der Waals surface area contributed by atoms with Gasteiger partial charge in [0, 0.05) is 19.3 Å². The fraction of sp³-hybridized carbons (Fsp3) is 0.550. The molecular formula is C20H28N4O8S. The molecule has 1 aromatic heterocycles. The zero-order chi connectivity index (χ0) is 24.6. The predicted molar refractivity (Wildman–Crippen MR) is 118 cm³/mol. The van der Waals surface area contributed by atoms with Crippen molar-refractivity contribution in [2.45, 2.75) is 24.2 Å². The van der Waals surface area contributed by atoms with E-state index >= 15 is 0 Å². The number of hydrogen-bond donors (Lipinski definition) is 4. The molecule has 2 unspecified atom stereocenters. The zero-order valence-corrected chi connectivity index (χ0v) is 19.2. The first-order chi connectivity index (χ1) is 15.5. The zero-order valence-electron chi connectivity index (χ0n) is 18.4. The molecular weight excluding hydrogens is 456 g/mol. The number of carboxylic acid groups (broad SMARTS) is 2. The minimum Gasteiger partial charge on any atom is -0.481 e. The molecule has 0 aliphatic carbocycles. The maximum absolute atomic E-state index is 12.8. The number of nitrogens with one attached hydrogen (secondary N) is 1. The molecule has 1 aromatic rings. The van der Waals surface area contributed by atoms with Crippen LogP contribution in [-0.2, 0) is 29.6 Å². The van der Waals surface area contributed by atoms with Crippen LogP contribution in [0.3, 0.4) is 0 Å². The summed E-state index contributed by atoms with van der Waals surface area (Å²) in [5.74, 6) is -4.61. The molecule has 33 heavy (non-hydrogen) atoms. The standard InChI is InChI=1S/C20H28N4O8S/c1-23(2)20(14-5-3-4-6-21-14,17(33)22-13-24-7-9-31-10-8-24)32-16(27)12-19(30,18(28)29)11-15(25)26/h3-6,30H,7-13H2,1-2H3,(H,22,33)(H,25,26)(H,28,29). The highest BCUT2D eigenvalue weighted by Gasteiger charge is 2.48. The highest BCUT2D eigenvalue weighted by molar-refractivity contribution is 7.80. The number of aliphatic carboxylic acids is 2. The lowest BCUT2D eigenvalue weighted by Gasteiger charge is -2.40. The number of nitrogens with zero attached hydrogens (tertiary/aromatic N) is 3. The van der Waals surface area contributed by atoms with Gasteiger partial charge in [-0.3, -0.25) is 24.4 Å². The number of pyridine rings is 1. The van der Waals surface area contributed by atoms with E-state index in [0.717, 1.165) is 0 Å². The van der Waals surface area contributed by atoms with Crippen LogP contribution in [-0.4, -0.2) is 106 Å². The lowest BCUT2D eigenvalue weighted by atomic mass is 9.95. The van der Waals surface area contributed by atoms with Gasteiger partial charge >= 0.3 is 17.9 Å². The molecule has 1 aliphatic rings. The minimum absolute atomic E-state index is 0.0724. The lowest BCUT2D eigenvalue weighted by Crippen LogP contribution is -2.58. The molecule has 13 heteroatoms. The van der Waals surface area contributed by atoms with Gasteiger partial charge in [0.2, 0.25) is 0 Å². The molecule has 1 aliphatic heterocycles.